The van der Waals surface area contributed by atoms with E-state index in [1.54, 1.807) is 11.3 Å². The van der Waals surface area contributed by atoms with Gasteiger partial charge in [0.05, 0.1) is 5.92 Å². The molecular weight excluding hydrogens is 328 g/mol. The lowest BCUT2D eigenvalue weighted by Crippen LogP contribution is -2.51. The van der Waals surface area contributed by atoms with Crippen molar-refractivity contribution in [3.8, 4) is 10.4 Å². The molecule has 0 spiro atoms. The van der Waals surface area contributed by atoms with E-state index in [1.165, 1.54) is 36.4 Å². The van der Waals surface area contributed by atoms with E-state index in [1.807, 2.05) is 12.1 Å². The molecule has 1 N–H and O–H groups in total. The fourth-order valence-corrected chi connectivity index (χ4v) is 4.39. The Balaban J connectivity index is 0.00000156. The predicted molar refractivity (Wildman–Crippen MR) is 98.3 cm³/mol. The Bertz CT molecular complexity index is 648. The first-order valence-corrected chi connectivity index (χ1v) is 8.85. The highest BCUT2D eigenvalue weighted by molar-refractivity contribution is 7.13. The predicted octanol–water partition coefficient (Wildman–Crippen LogP) is 4.12. The monoisotopic (exact) mass is 348 g/mol. The largest absolute Gasteiger partial charge is 0.326 e. The molecule has 122 valence electrons. The maximum Gasteiger partial charge on any atom is 0.229 e. The Morgan fingerprint density at radius 2 is 1.87 bits per heavy atom. The van der Waals surface area contributed by atoms with E-state index in [2.05, 4.69) is 39.9 Å². The van der Waals surface area contributed by atoms with Crippen LogP contribution in [0.2, 0.25) is 0 Å². The fourth-order valence-electron chi connectivity index (χ4n) is 3.66. The molecule has 2 aromatic rings. The molecule has 1 unspecified atom stereocenters. The van der Waals surface area contributed by atoms with E-state index >= 15 is 0 Å². The van der Waals surface area contributed by atoms with Crippen LogP contribution in [0.4, 0.5) is 5.69 Å². The summed E-state index contributed by atoms with van der Waals surface area (Å²) in [6.07, 6.45) is 2.35. The van der Waals surface area contributed by atoms with Gasteiger partial charge in [0.15, 0.2) is 0 Å². The van der Waals surface area contributed by atoms with E-state index in [4.69, 9.17) is 0 Å². The number of hydrogen-bond acceptors (Lipinski definition) is 3. The molecule has 0 radical (unpaired) electrons. The molecule has 3 aliphatic heterocycles. The molecule has 0 saturated carbocycles. The van der Waals surface area contributed by atoms with Crippen LogP contribution in [0.25, 0.3) is 10.4 Å². The summed E-state index contributed by atoms with van der Waals surface area (Å²) in [7, 11) is 0. The zero-order valence-electron chi connectivity index (χ0n) is 12.9. The van der Waals surface area contributed by atoms with Crippen LogP contribution in [-0.4, -0.2) is 30.4 Å². The molecule has 3 fully saturated rings. The number of piperidine rings is 3. The number of nitrogens with one attached hydrogen (secondary N) is 1. The fraction of sp³-hybridized carbons (Fsp3) is 0.389. The molecule has 23 heavy (non-hydrogen) atoms. The summed E-state index contributed by atoms with van der Waals surface area (Å²) in [5, 5.41) is 5.19. The smallest absolute Gasteiger partial charge is 0.229 e. The minimum absolute atomic E-state index is 0. The molecule has 5 rings (SSSR count). The lowest BCUT2D eigenvalue weighted by atomic mass is 9.78. The summed E-state index contributed by atoms with van der Waals surface area (Å²) in [6, 6.07) is 12.4. The van der Waals surface area contributed by atoms with E-state index in [-0.39, 0.29) is 24.2 Å². The first-order chi connectivity index (χ1) is 10.8. The van der Waals surface area contributed by atoms with E-state index in [0.29, 0.717) is 5.92 Å². The zero-order chi connectivity index (χ0) is 14.9. The van der Waals surface area contributed by atoms with Crippen LogP contribution in [-0.2, 0) is 4.79 Å². The van der Waals surface area contributed by atoms with Crippen molar-refractivity contribution in [3.05, 3.63) is 41.8 Å². The van der Waals surface area contributed by atoms with Crippen molar-refractivity contribution in [3.63, 3.8) is 0 Å². The number of rotatable bonds is 3. The highest BCUT2D eigenvalue weighted by Gasteiger charge is 2.38. The van der Waals surface area contributed by atoms with Crippen LogP contribution in [0, 0.1) is 11.8 Å². The third-order valence-electron chi connectivity index (χ3n) is 4.95. The number of amides is 1. The Labute approximate surface area is 147 Å². The first kappa shape index (κ1) is 16.5. The summed E-state index contributed by atoms with van der Waals surface area (Å²) in [5.41, 5.74) is 2.11. The lowest BCUT2D eigenvalue weighted by molar-refractivity contribution is -0.125. The van der Waals surface area contributed by atoms with Crippen molar-refractivity contribution < 1.29 is 4.79 Å². The number of anilines is 1. The number of benzene rings is 1. The van der Waals surface area contributed by atoms with Crippen molar-refractivity contribution in [1.82, 2.24) is 4.90 Å². The van der Waals surface area contributed by atoms with Crippen molar-refractivity contribution >= 4 is 35.3 Å². The van der Waals surface area contributed by atoms with Crippen LogP contribution in [0.15, 0.2) is 41.8 Å². The number of fused-ring (bicyclic) bond motifs is 3. The second-order valence-corrected chi connectivity index (χ2v) is 7.24. The molecule has 5 heteroatoms. The summed E-state index contributed by atoms with van der Waals surface area (Å²) in [6.45, 7) is 3.28. The molecule has 1 aromatic heterocycles. The average Bonchev–Trinajstić information content (AvgIpc) is 3.11. The van der Waals surface area contributed by atoms with Crippen LogP contribution < -0.4 is 5.32 Å². The van der Waals surface area contributed by atoms with Gasteiger partial charge >= 0.3 is 0 Å². The van der Waals surface area contributed by atoms with E-state index in [9.17, 15) is 4.79 Å². The van der Waals surface area contributed by atoms with Crippen molar-refractivity contribution in [2.75, 3.05) is 25.0 Å². The Hall–Kier alpha value is -1.36. The third-order valence-corrected chi connectivity index (χ3v) is 5.87. The summed E-state index contributed by atoms with van der Waals surface area (Å²) in [4.78, 5) is 16.2. The standard InChI is InChI=1S/C18H20N2OS.ClH/c21-18(16-12-20-9-7-13(16)8-10-20)19-15-5-3-14(4-6-15)17-2-1-11-22-17;/h1-6,11,13,16H,7-10,12H2,(H,19,21);1H. The molecule has 4 heterocycles. The van der Waals surface area contributed by atoms with E-state index in [0.717, 1.165) is 12.2 Å². The van der Waals surface area contributed by atoms with Gasteiger partial charge in [0, 0.05) is 17.1 Å². The van der Waals surface area contributed by atoms with Crippen LogP contribution >= 0.6 is 23.7 Å². The average molecular weight is 349 g/mol. The number of nitrogens with zero attached hydrogens (tertiary/aromatic N) is 1. The van der Waals surface area contributed by atoms with Gasteiger partial charge in [-0.15, -0.1) is 23.7 Å². The van der Waals surface area contributed by atoms with Gasteiger partial charge in [-0.2, -0.15) is 0 Å². The molecule has 3 saturated heterocycles. The number of carbonyl (C=O) groups is 1. The first-order valence-electron chi connectivity index (χ1n) is 7.97. The second-order valence-electron chi connectivity index (χ2n) is 6.29. The van der Waals surface area contributed by atoms with Crippen molar-refractivity contribution in [2.45, 2.75) is 12.8 Å². The van der Waals surface area contributed by atoms with Gasteiger partial charge in [-0.1, -0.05) is 18.2 Å². The maximum absolute atomic E-state index is 12.5. The molecule has 0 aliphatic carbocycles. The van der Waals surface area contributed by atoms with Gasteiger partial charge in [-0.3, -0.25) is 4.79 Å². The third kappa shape index (κ3) is 3.44. The van der Waals surface area contributed by atoms with Crippen LogP contribution in [0.3, 0.4) is 0 Å². The van der Waals surface area contributed by atoms with Gasteiger partial charge in [0.1, 0.15) is 0 Å². The SMILES string of the molecule is Cl.O=C(Nc1ccc(-c2cccs2)cc1)C1CN2CCC1CC2. The van der Waals surface area contributed by atoms with Gasteiger partial charge < -0.3 is 10.2 Å². The molecule has 1 amide bonds. The van der Waals surface area contributed by atoms with Crippen molar-refractivity contribution in [2.24, 2.45) is 11.8 Å². The molecule has 3 aliphatic rings. The molecular formula is C18H21ClN2OS. The topological polar surface area (TPSA) is 32.3 Å². The highest BCUT2D eigenvalue weighted by atomic mass is 35.5. The Kier molecular flexibility index (Phi) is 5.05. The molecule has 3 nitrogen and oxygen atoms in total. The lowest BCUT2D eigenvalue weighted by Gasteiger charge is -2.43. The molecule has 1 atom stereocenters. The summed E-state index contributed by atoms with van der Waals surface area (Å²) >= 11 is 1.73. The Morgan fingerprint density at radius 3 is 2.43 bits per heavy atom. The molecule has 2 bridgehead atoms. The van der Waals surface area contributed by atoms with Gasteiger partial charge in [-0.05, 0) is 61.0 Å². The maximum atomic E-state index is 12.5. The minimum atomic E-state index is 0. The number of hydrogen-bond donors (Lipinski definition) is 1. The second kappa shape index (κ2) is 7.04. The Morgan fingerprint density at radius 1 is 1.13 bits per heavy atom. The quantitative estimate of drug-likeness (QED) is 0.905. The summed E-state index contributed by atoms with van der Waals surface area (Å²) < 4.78 is 0. The molecule has 1 aromatic carbocycles. The van der Waals surface area contributed by atoms with Gasteiger partial charge in [-0.25, -0.2) is 0 Å². The highest BCUT2D eigenvalue weighted by Crippen LogP contribution is 2.33. The number of carbonyl (C=O) groups excluding carboxylic acids is 1. The zero-order valence-corrected chi connectivity index (χ0v) is 14.5. The van der Waals surface area contributed by atoms with Crippen molar-refractivity contribution in [1.29, 1.82) is 0 Å². The number of halogens is 1. The van der Waals surface area contributed by atoms with E-state index < -0.39 is 0 Å². The minimum Gasteiger partial charge on any atom is -0.326 e. The van der Waals surface area contributed by atoms with Crippen LogP contribution in [0.5, 0.6) is 0 Å². The normalized spacial score (nSPS) is 25.7. The van der Waals surface area contributed by atoms with Gasteiger partial charge in [0.25, 0.3) is 0 Å². The number of thiophene rings is 1. The van der Waals surface area contributed by atoms with Gasteiger partial charge in [0.2, 0.25) is 5.91 Å². The summed E-state index contributed by atoms with van der Waals surface area (Å²) in [5.74, 6) is 0.938. The van der Waals surface area contributed by atoms with Crippen LogP contribution in [0.1, 0.15) is 12.8 Å².